The number of amides is 1. The van der Waals surface area contributed by atoms with Crippen LogP contribution in [0, 0.1) is 0 Å². The van der Waals surface area contributed by atoms with Gasteiger partial charge in [0.05, 0.1) is 12.7 Å². The molecule has 1 aliphatic heterocycles. The quantitative estimate of drug-likeness (QED) is 0.810. The van der Waals surface area contributed by atoms with E-state index in [2.05, 4.69) is 18.9 Å². The second-order valence-electron chi connectivity index (χ2n) is 5.03. The van der Waals surface area contributed by atoms with Crippen molar-refractivity contribution in [2.75, 3.05) is 39.5 Å². The lowest BCUT2D eigenvalue weighted by atomic mass is 10.1. The van der Waals surface area contributed by atoms with Crippen molar-refractivity contribution in [1.82, 2.24) is 9.80 Å². The first kappa shape index (κ1) is 13.7. The molecule has 19 heavy (non-hydrogen) atoms. The van der Waals surface area contributed by atoms with E-state index >= 15 is 0 Å². The Kier molecular flexibility index (Phi) is 3.95. The summed E-state index contributed by atoms with van der Waals surface area (Å²) in [5.41, 5.74) is 6.95. The number of hydrogen-bond donors (Lipinski definition) is 1. The summed E-state index contributed by atoms with van der Waals surface area (Å²) in [6, 6.07) is 5.56. The van der Waals surface area contributed by atoms with E-state index in [9.17, 15) is 4.79 Å². The minimum absolute atomic E-state index is 0.0000954. The van der Waals surface area contributed by atoms with Gasteiger partial charge in [-0.1, -0.05) is 0 Å². The van der Waals surface area contributed by atoms with E-state index in [0.717, 1.165) is 19.6 Å². The smallest absolute Gasteiger partial charge is 0.256 e. The Labute approximate surface area is 113 Å². The molecule has 5 heteroatoms. The van der Waals surface area contributed by atoms with Gasteiger partial charge in [-0.25, -0.2) is 0 Å². The van der Waals surface area contributed by atoms with Gasteiger partial charge in [-0.15, -0.1) is 0 Å². The Hall–Kier alpha value is -1.75. The maximum absolute atomic E-state index is 12.5. The minimum Gasteiger partial charge on any atom is -0.497 e. The van der Waals surface area contributed by atoms with E-state index in [1.807, 2.05) is 4.90 Å². The van der Waals surface area contributed by atoms with Gasteiger partial charge in [-0.2, -0.15) is 0 Å². The van der Waals surface area contributed by atoms with E-state index < -0.39 is 0 Å². The highest BCUT2D eigenvalue weighted by Gasteiger charge is 2.26. The molecule has 1 aromatic carbocycles. The maximum atomic E-state index is 12.5. The number of nitrogens with zero attached hydrogens (tertiary/aromatic N) is 2. The number of anilines is 1. The molecular weight excluding hydrogens is 242 g/mol. The molecule has 2 N–H and O–H groups in total. The summed E-state index contributed by atoms with van der Waals surface area (Å²) < 4.78 is 5.09. The molecule has 0 saturated carbocycles. The minimum atomic E-state index is 0.0000954. The molecule has 1 aliphatic rings. The van der Waals surface area contributed by atoms with Crippen LogP contribution in [0.3, 0.4) is 0 Å². The number of methoxy groups -OCH3 is 1. The predicted molar refractivity (Wildman–Crippen MR) is 75.4 cm³/mol. The molecule has 1 saturated heterocycles. The molecule has 1 heterocycles. The number of rotatable bonds is 2. The first-order valence-corrected chi connectivity index (χ1v) is 6.46. The number of likely N-dealkylation sites (N-methyl/N-ethyl adjacent to an activating group) is 1. The van der Waals surface area contributed by atoms with E-state index in [4.69, 9.17) is 10.5 Å². The van der Waals surface area contributed by atoms with Crippen molar-refractivity contribution in [2.45, 2.75) is 13.0 Å². The van der Waals surface area contributed by atoms with Gasteiger partial charge < -0.3 is 20.3 Å². The molecule has 0 radical (unpaired) electrons. The van der Waals surface area contributed by atoms with Crippen LogP contribution in [-0.4, -0.2) is 55.5 Å². The number of carbonyl (C=O) groups excluding carboxylic acids is 1. The normalized spacial score (nSPS) is 20.4. The van der Waals surface area contributed by atoms with Gasteiger partial charge in [0.15, 0.2) is 0 Å². The zero-order valence-corrected chi connectivity index (χ0v) is 11.7. The van der Waals surface area contributed by atoms with Crippen molar-refractivity contribution >= 4 is 11.6 Å². The van der Waals surface area contributed by atoms with Crippen LogP contribution in [0.25, 0.3) is 0 Å². The SMILES string of the molecule is COc1ccc(C(=O)N2CCN(C)C(C)C2)c(N)c1. The Morgan fingerprint density at radius 2 is 2.16 bits per heavy atom. The van der Waals surface area contributed by atoms with Crippen molar-refractivity contribution in [3.05, 3.63) is 23.8 Å². The highest BCUT2D eigenvalue weighted by Crippen LogP contribution is 2.22. The maximum Gasteiger partial charge on any atom is 0.256 e. The number of nitrogen functional groups attached to an aromatic ring is 1. The van der Waals surface area contributed by atoms with E-state index in [0.29, 0.717) is 23.0 Å². The van der Waals surface area contributed by atoms with Crippen LogP contribution in [0.1, 0.15) is 17.3 Å². The lowest BCUT2D eigenvalue weighted by Gasteiger charge is -2.37. The fourth-order valence-electron chi connectivity index (χ4n) is 2.27. The zero-order valence-electron chi connectivity index (χ0n) is 11.7. The van der Waals surface area contributed by atoms with Crippen LogP contribution < -0.4 is 10.5 Å². The van der Waals surface area contributed by atoms with E-state index in [-0.39, 0.29) is 5.91 Å². The Bertz CT molecular complexity index is 476. The molecule has 1 amide bonds. The molecule has 5 nitrogen and oxygen atoms in total. The van der Waals surface area contributed by atoms with Gasteiger partial charge in [0.1, 0.15) is 5.75 Å². The number of benzene rings is 1. The van der Waals surface area contributed by atoms with Gasteiger partial charge in [-0.3, -0.25) is 4.79 Å². The van der Waals surface area contributed by atoms with Gasteiger partial charge in [0.25, 0.3) is 5.91 Å². The number of ether oxygens (including phenoxy) is 1. The largest absolute Gasteiger partial charge is 0.497 e. The predicted octanol–water partition coefficient (Wildman–Crippen LogP) is 1.05. The summed E-state index contributed by atoms with van der Waals surface area (Å²) in [5, 5.41) is 0. The molecule has 1 unspecified atom stereocenters. The van der Waals surface area contributed by atoms with Crippen LogP contribution in [-0.2, 0) is 0 Å². The molecule has 1 fully saturated rings. The summed E-state index contributed by atoms with van der Waals surface area (Å²) in [5.74, 6) is 0.667. The van der Waals surface area contributed by atoms with Crippen LogP contribution in [0.15, 0.2) is 18.2 Å². The Morgan fingerprint density at radius 1 is 1.42 bits per heavy atom. The molecule has 2 rings (SSSR count). The second kappa shape index (κ2) is 5.48. The van der Waals surface area contributed by atoms with Gasteiger partial charge in [0, 0.05) is 37.4 Å². The van der Waals surface area contributed by atoms with Crippen molar-refractivity contribution < 1.29 is 9.53 Å². The number of carbonyl (C=O) groups is 1. The molecular formula is C14H21N3O2. The fraction of sp³-hybridized carbons (Fsp3) is 0.500. The number of nitrogens with two attached hydrogens (primary N) is 1. The summed E-state index contributed by atoms with van der Waals surface area (Å²) in [4.78, 5) is 16.6. The first-order chi connectivity index (χ1) is 9.02. The lowest BCUT2D eigenvalue weighted by molar-refractivity contribution is 0.0573. The van der Waals surface area contributed by atoms with Crippen molar-refractivity contribution in [2.24, 2.45) is 0 Å². The zero-order chi connectivity index (χ0) is 14.0. The molecule has 104 valence electrons. The van der Waals surface area contributed by atoms with Crippen LogP contribution >= 0.6 is 0 Å². The van der Waals surface area contributed by atoms with Gasteiger partial charge >= 0.3 is 0 Å². The lowest BCUT2D eigenvalue weighted by Crippen LogP contribution is -2.52. The van der Waals surface area contributed by atoms with E-state index in [1.165, 1.54) is 0 Å². The van der Waals surface area contributed by atoms with E-state index in [1.54, 1.807) is 25.3 Å². The summed E-state index contributed by atoms with van der Waals surface area (Å²) in [7, 11) is 3.66. The van der Waals surface area contributed by atoms with Crippen LogP contribution in [0.2, 0.25) is 0 Å². The number of hydrogen-bond acceptors (Lipinski definition) is 4. The standard InChI is InChI=1S/C14H21N3O2/c1-10-9-17(7-6-16(10)2)14(18)12-5-4-11(19-3)8-13(12)15/h4-5,8,10H,6-7,9,15H2,1-3H3. The van der Waals surface area contributed by atoms with Crippen LogP contribution in [0.5, 0.6) is 5.75 Å². The third-order valence-corrected chi connectivity index (χ3v) is 3.74. The average molecular weight is 263 g/mol. The number of piperazine rings is 1. The Morgan fingerprint density at radius 3 is 2.74 bits per heavy atom. The van der Waals surface area contributed by atoms with Crippen molar-refractivity contribution in [1.29, 1.82) is 0 Å². The van der Waals surface area contributed by atoms with Gasteiger partial charge in [-0.05, 0) is 26.1 Å². The molecule has 0 spiro atoms. The molecule has 1 aromatic rings. The third kappa shape index (κ3) is 2.81. The summed E-state index contributed by atoms with van der Waals surface area (Å²) in [6.45, 7) is 4.49. The van der Waals surface area contributed by atoms with Crippen LogP contribution in [0.4, 0.5) is 5.69 Å². The van der Waals surface area contributed by atoms with Crippen molar-refractivity contribution in [3.63, 3.8) is 0 Å². The van der Waals surface area contributed by atoms with Gasteiger partial charge in [0.2, 0.25) is 0 Å². The average Bonchev–Trinajstić information content (AvgIpc) is 2.41. The molecule has 0 bridgehead atoms. The summed E-state index contributed by atoms with van der Waals surface area (Å²) in [6.07, 6.45) is 0. The summed E-state index contributed by atoms with van der Waals surface area (Å²) >= 11 is 0. The molecule has 0 aromatic heterocycles. The third-order valence-electron chi connectivity index (χ3n) is 3.74. The Balaban J connectivity index is 2.16. The highest BCUT2D eigenvalue weighted by molar-refractivity contribution is 5.99. The topological polar surface area (TPSA) is 58.8 Å². The molecule has 0 aliphatic carbocycles. The molecule has 1 atom stereocenters. The second-order valence-corrected chi connectivity index (χ2v) is 5.03. The monoisotopic (exact) mass is 263 g/mol. The van der Waals surface area contributed by atoms with Crippen molar-refractivity contribution in [3.8, 4) is 5.75 Å². The first-order valence-electron chi connectivity index (χ1n) is 6.46. The fourth-order valence-corrected chi connectivity index (χ4v) is 2.27. The highest BCUT2D eigenvalue weighted by atomic mass is 16.5.